The number of aryl methyl sites for hydroxylation is 1. The predicted octanol–water partition coefficient (Wildman–Crippen LogP) is 3.25. The number of anilines is 1. The molecule has 16 heavy (non-hydrogen) atoms. The van der Waals surface area contributed by atoms with E-state index in [1.165, 1.54) is 0 Å². The molecule has 0 heterocycles. The van der Waals surface area contributed by atoms with Crippen LogP contribution in [0, 0.1) is 6.92 Å². The zero-order valence-electron chi connectivity index (χ0n) is 9.34. The molecule has 0 unspecified atom stereocenters. The molecule has 0 saturated heterocycles. The van der Waals surface area contributed by atoms with Gasteiger partial charge in [-0.3, -0.25) is 0 Å². The monoisotopic (exact) mass is 283 g/mol. The van der Waals surface area contributed by atoms with E-state index in [1.807, 2.05) is 25.1 Å². The minimum atomic E-state index is -0.428. The SMILES string of the molecule is C=C(Nc1ccc(Br)c(C)c1)C(=O)OCC. The molecule has 0 aliphatic rings. The lowest BCUT2D eigenvalue weighted by molar-refractivity contribution is -0.138. The number of carbonyl (C=O) groups is 1. The van der Waals surface area contributed by atoms with Crippen LogP contribution in [0.25, 0.3) is 0 Å². The fourth-order valence-electron chi connectivity index (χ4n) is 1.17. The molecule has 0 aromatic heterocycles. The van der Waals surface area contributed by atoms with Crippen LogP contribution in [0.2, 0.25) is 0 Å². The summed E-state index contributed by atoms with van der Waals surface area (Å²) in [4.78, 5) is 11.3. The molecule has 0 aliphatic carbocycles. The van der Waals surface area contributed by atoms with Crippen LogP contribution in [0.4, 0.5) is 5.69 Å². The van der Waals surface area contributed by atoms with E-state index >= 15 is 0 Å². The van der Waals surface area contributed by atoms with Gasteiger partial charge in [0.05, 0.1) is 6.61 Å². The Morgan fingerprint density at radius 3 is 2.81 bits per heavy atom. The van der Waals surface area contributed by atoms with E-state index in [1.54, 1.807) is 6.92 Å². The first-order chi connectivity index (χ1) is 7.54. The van der Waals surface area contributed by atoms with Gasteiger partial charge in [0.1, 0.15) is 5.70 Å². The van der Waals surface area contributed by atoms with Crippen molar-refractivity contribution in [1.82, 2.24) is 0 Å². The molecule has 0 atom stereocenters. The highest BCUT2D eigenvalue weighted by Gasteiger charge is 2.07. The fourth-order valence-corrected chi connectivity index (χ4v) is 1.41. The smallest absolute Gasteiger partial charge is 0.354 e. The topological polar surface area (TPSA) is 38.3 Å². The van der Waals surface area contributed by atoms with Gasteiger partial charge in [0.15, 0.2) is 0 Å². The summed E-state index contributed by atoms with van der Waals surface area (Å²) in [5, 5.41) is 2.90. The number of benzene rings is 1. The Hall–Kier alpha value is -1.29. The van der Waals surface area contributed by atoms with Gasteiger partial charge < -0.3 is 10.1 Å². The van der Waals surface area contributed by atoms with Crippen molar-refractivity contribution in [1.29, 1.82) is 0 Å². The molecule has 0 saturated carbocycles. The molecule has 1 aromatic carbocycles. The van der Waals surface area contributed by atoms with Crippen molar-refractivity contribution in [3.8, 4) is 0 Å². The van der Waals surface area contributed by atoms with Crippen LogP contribution in [0.3, 0.4) is 0 Å². The Balaban J connectivity index is 2.70. The minimum absolute atomic E-state index is 0.239. The van der Waals surface area contributed by atoms with Crippen molar-refractivity contribution in [3.63, 3.8) is 0 Å². The Morgan fingerprint density at radius 1 is 1.56 bits per heavy atom. The number of esters is 1. The van der Waals surface area contributed by atoms with Gasteiger partial charge in [-0.15, -0.1) is 0 Å². The third-order valence-electron chi connectivity index (χ3n) is 1.98. The molecule has 0 fully saturated rings. The van der Waals surface area contributed by atoms with Crippen LogP contribution in [0.5, 0.6) is 0 Å². The maximum atomic E-state index is 11.3. The Bertz CT molecular complexity index is 415. The lowest BCUT2D eigenvalue weighted by Crippen LogP contribution is -2.13. The lowest BCUT2D eigenvalue weighted by Gasteiger charge is -2.09. The summed E-state index contributed by atoms with van der Waals surface area (Å²) in [5.74, 6) is -0.428. The first-order valence-electron chi connectivity index (χ1n) is 4.93. The molecule has 0 radical (unpaired) electrons. The minimum Gasteiger partial charge on any atom is -0.461 e. The van der Waals surface area contributed by atoms with E-state index in [0.717, 1.165) is 15.7 Å². The van der Waals surface area contributed by atoms with E-state index in [9.17, 15) is 4.79 Å². The third-order valence-corrected chi connectivity index (χ3v) is 2.86. The van der Waals surface area contributed by atoms with E-state index in [2.05, 4.69) is 27.8 Å². The second-order valence-electron chi connectivity index (χ2n) is 3.29. The quantitative estimate of drug-likeness (QED) is 0.681. The van der Waals surface area contributed by atoms with E-state index in [0.29, 0.717) is 6.61 Å². The number of hydrogen-bond acceptors (Lipinski definition) is 3. The number of carbonyl (C=O) groups excluding carboxylic acids is 1. The molecule has 1 N–H and O–H groups in total. The third kappa shape index (κ3) is 3.38. The molecule has 0 bridgehead atoms. The number of halogens is 1. The highest BCUT2D eigenvalue weighted by molar-refractivity contribution is 9.10. The molecule has 0 amide bonds. The van der Waals surface area contributed by atoms with E-state index < -0.39 is 5.97 Å². The second kappa shape index (κ2) is 5.70. The second-order valence-corrected chi connectivity index (χ2v) is 4.14. The molecule has 1 rings (SSSR count). The zero-order valence-corrected chi connectivity index (χ0v) is 10.9. The van der Waals surface area contributed by atoms with Crippen LogP contribution >= 0.6 is 15.9 Å². The maximum absolute atomic E-state index is 11.3. The molecule has 0 spiro atoms. The lowest BCUT2D eigenvalue weighted by atomic mass is 10.2. The number of rotatable bonds is 4. The summed E-state index contributed by atoms with van der Waals surface area (Å²) < 4.78 is 5.85. The zero-order chi connectivity index (χ0) is 12.1. The number of hydrogen-bond donors (Lipinski definition) is 1. The summed E-state index contributed by atoms with van der Waals surface area (Å²) in [5.41, 5.74) is 2.14. The molecule has 3 nitrogen and oxygen atoms in total. The molecule has 4 heteroatoms. The first kappa shape index (κ1) is 12.8. The van der Waals surface area contributed by atoms with Gasteiger partial charge in [-0.05, 0) is 37.6 Å². The van der Waals surface area contributed by atoms with Crippen molar-refractivity contribution in [2.75, 3.05) is 11.9 Å². The van der Waals surface area contributed by atoms with E-state index in [4.69, 9.17) is 4.74 Å². The largest absolute Gasteiger partial charge is 0.461 e. The highest BCUT2D eigenvalue weighted by atomic mass is 79.9. The van der Waals surface area contributed by atoms with Gasteiger partial charge >= 0.3 is 5.97 Å². The van der Waals surface area contributed by atoms with Gasteiger partial charge in [-0.1, -0.05) is 22.5 Å². The van der Waals surface area contributed by atoms with Gasteiger partial charge in [-0.2, -0.15) is 0 Å². The van der Waals surface area contributed by atoms with Crippen molar-refractivity contribution in [2.24, 2.45) is 0 Å². The van der Waals surface area contributed by atoms with Crippen LogP contribution in [0.1, 0.15) is 12.5 Å². The maximum Gasteiger partial charge on any atom is 0.354 e. The average molecular weight is 284 g/mol. The highest BCUT2D eigenvalue weighted by Crippen LogP contribution is 2.20. The van der Waals surface area contributed by atoms with Gasteiger partial charge in [-0.25, -0.2) is 4.79 Å². The predicted molar refractivity (Wildman–Crippen MR) is 68.3 cm³/mol. The standard InChI is InChI=1S/C12H14BrNO2/c1-4-16-12(15)9(3)14-10-5-6-11(13)8(2)7-10/h5-7,14H,3-4H2,1-2H3. The van der Waals surface area contributed by atoms with Crippen LogP contribution in [-0.2, 0) is 9.53 Å². The summed E-state index contributed by atoms with van der Waals surface area (Å²) >= 11 is 3.41. The van der Waals surface area contributed by atoms with Crippen LogP contribution in [-0.4, -0.2) is 12.6 Å². The van der Waals surface area contributed by atoms with Crippen LogP contribution in [0.15, 0.2) is 34.9 Å². The fraction of sp³-hybridized carbons (Fsp3) is 0.250. The van der Waals surface area contributed by atoms with Crippen molar-refractivity contribution >= 4 is 27.6 Å². The van der Waals surface area contributed by atoms with Gasteiger partial charge in [0.25, 0.3) is 0 Å². The molecule has 1 aromatic rings. The van der Waals surface area contributed by atoms with E-state index in [-0.39, 0.29) is 5.70 Å². The molecule has 0 aliphatic heterocycles. The summed E-state index contributed by atoms with van der Waals surface area (Å²) in [6, 6.07) is 5.70. The average Bonchev–Trinajstić information content (AvgIpc) is 2.24. The van der Waals surface area contributed by atoms with Gasteiger partial charge in [0.2, 0.25) is 0 Å². The van der Waals surface area contributed by atoms with Crippen molar-refractivity contribution in [3.05, 3.63) is 40.5 Å². The first-order valence-corrected chi connectivity index (χ1v) is 5.73. The molecule has 86 valence electrons. The van der Waals surface area contributed by atoms with Gasteiger partial charge in [0, 0.05) is 10.2 Å². The Kier molecular flexibility index (Phi) is 4.55. The molecular weight excluding hydrogens is 270 g/mol. The van der Waals surface area contributed by atoms with Crippen LogP contribution < -0.4 is 5.32 Å². The number of nitrogens with one attached hydrogen (secondary N) is 1. The number of ether oxygens (including phenoxy) is 1. The Labute approximate surface area is 104 Å². The summed E-state index contributed by atoms with van der Waals surface area (Å²) in [6.07, 6.45) is 0. The summed E-state index contributed by atoms with van der Waals surface area (Å²) in [6.45, 7) is 7.70. The molecular formula is C12H14BrNO2. The Morgan fingerprint density at radius 2 is 2.25 bits per heavy atom. The van der Waals surface area contributed by atoms with Crippen molar-refractivity contribution in [2.45, 2.75) is 13.8 Å². The summed E-state index contributed by atoms with van der Waals surface area (Å²) in [7, 11) is 0. The van der Waals surface area contributed by atoms with Crippen molar-refractivity contribution < 1.29 is 9.53 Å². The normalized spacial score (nSPS) is 9.69.